The van der Waals surface area contributed by atoms with Crippen LogP contribution in [0.15, 0.2) is 18.2 Å². The number of amides is 1. The Morgan fingerprint density at radius 1 is 1.14 bits per heavy atom. The van der Waals surface area contributed by atoms with E-state index in [9.17, 15) is 9.59 Å². The number of anilines is 2. The number of benzene rings is 1. The number of aldehydes is 1. The molecule has 0 radical (unpaired) electrons. The lowest BCUT2D eigenvalue weighted by Crippen LogP contribution is -2.41. The summed E-state index contributed by atoms with van der Waals surface area (Å²) in [7, 11) is 0. The molecule has 0 aliphatic carbocycles. The highest BCUT2D eigenvalue weighted by Crippen LogP contribution is 2.31. The third kappa shape index (κ3) is 5.97. The van der Waals surface area contributed by atoms with Crippen LogP contribution in [-0.2, 0) is 22.6 Å². The van der Waals surface area contributed by atoms with E-state index in [4.69, 9.17) is 14.7 Å². The topological polar surface area (TPSA) is 87.7 Å². The number of rotatable bonds is 9. The second-order valence-corrected chi connectivity index (χ2v) is 9.96. The van der Waals surface area contributed by atoms with E-state index in [2.05, 4.69) is 56.1 Å². The third-order valence-corrected chi connectivity index (χ3v) is 7.29. The fourth-order valence-corrected chi connectivity index (χ4v) is 5.04. The summed E-state index contributed by atoms with van der Waals surface area (Å²) >= 11 is 0. The van der Waals surface area contributed by atoms with Gasteiger partial charge in [0.25, 0.3) is 0 Å². The standard InChI is InChI=1S/C28H39N5O3/c1-5-21(6-2)29-27-28(31-24-18-33(26(35)12-16-34)15-11-23(24)30-27)32-13-9-22(10-14-32)36-25-8-7-19(3)17-20(25)4/h7-8,16-17,21-22H,5-6,9-15,18H2,1-4H3,(H,29,30). The molecule has 1 aromatic carbocycles. The van der Waals surface area contributed by atoms with Gasteiger partial charge in [0.05, 0.1) is 24.4 Å². The van der Waals surface area contributed by atoms with Crippen molar-refractivity contribution in [2.45, 2.75) is 84.9 Å². The average Bonchev–Trinajstić information content (AvgIpc) is 2.88. The number of piperidine rings is 1. The zero-order chi connectivity index (χ0) is 25.7. The van der Waals surface area contributed by atoms with E-state index in [1.807, 2.05) is 0 Å². The summed E-state index contributed by atoms with van der Waals surface area (Å²) in [4.78, 5) is 37.3. The van der Waals surface area contributed by atoms with Gasteiger partial charge in [0.15, 0.2) is 11.6 Å². The zero-order valence-electron chi connectivity index (χ0n) is 22.0. The lowest BCUT2D eigenvalue weighted by atomic mass is 10.1. The van der Waals surface area contributed by atoms with Crippen LogP contribution in [0.25, 0.3) is 0 Å². The van der Waals surface area contributed by atoms with Crippen molar-refractivity contribution in [1.82, 2.24) is 14.9 Å². The molecule has 1 amide bonds. The van der Waals surface area contributed by atoms with E-state index >= 15 is 0 Å². The highest BCUT2D eigenvalue weighted by molar-refractivity contribution is 5.88. The summed E-state index contributed by atoms with van der Waals surface area (Å²) in [5.74, 6) is 2.51. The first-order valence-electron chi connectivity index (χ1n) is 13.3. The molecule has 2 aliphatic rings. The molecular formula is C28H39N5O3. The number of nitrogens with zero attached hydrogens (tertiary/aromatic N) is 4. The summed E-state index contributed by atoms with van der Waals surface area (Å²) in [5, 5.41) is 3.64. The molecule has 8 nitrogen and oxygen atoms in total. The van der Waals surface area contributed by atoms with Crippen molar-refractivity contribution in [3.8, 4) is 5.75 Å². The van der Waals surface area contributed by atoms with Gasteiger partial charge in [-0.2, -0.15) is 0 Å². The molecule has 0 saturated carbocycles. The van der Waals surface area contributed by atoms with E-state index in [-0.39, 0.29) is 18.4 Å². The van der Waals surface area contributed by atoms with Crippen LogP contribution >= 0.6 is 0 Å². The minimum atomic E-state index is -0.150. The molecule has 1 fully saturated rings. The number of aryl methyl sites for hydroxylation is 2. The lowest BCUT2D eigenvalue weighted by Gasteiger charge is -2.35. The maximum Gasteiger partial charge on any atom is 0.230 e. The molecule has 2 aromatic rings. The molecule has 194 valence electrons. The third-order valence-electron chi connectivity index (χ3n) is 7.29. The molecule has 1 aromatic heterocycles. The smallest absolute Gasteiger partial charge is 0.230 e. The van der Waals surface area contributed by atoms with Gasteiger partial charge in [-0.1, -0.05) is 31.5 Å². The van der Waals surface area contributed by atoms with Crippen LogP contribution in [0.5, 0.6) is 5.75 Å². The maximum absolute atomic E-state index is 12.3. The summed E-state index contributed by atoms with van der Waals surface area (Å²) < 4.78 is 6.36. The van der Waals surface area contributed by atoms with Gasteiger partial charge in [-0.3, -0.25) is 4.79 Å². The number of fused-ring (bicyclic) bond motifs is 1. The van der Waals surface area contributed by atoms with Gasteiger partial charge < -0.3 is 24.6 Å². The predicted octanol–water partition coefficient (Wildman–Crippen LogP) is 4.22. The van der Waals surface area contributed by atoms with Crippen LogP contribution in [0.2, 0.25) is 0 Å². The molecule has 1 saturated heterocycles. The number of aromatic nitrogens is 2. The molecule has 2 aliphatic heterocycles. The number of ether oxygens (including phenoxy) is 1. The normalized spacial score (nSPS) is 16.1. The van der Waals surface area contributed by atoms with E-state index in [1.54, 1.807) is 4.90 Å². The molecule has 3 heterocycles. The SMILES string of the molecule is CCC(CC)Nc1nc2c(nc1N1CCC(Oc3ccc(C)cc3C)CC1)CN(C(=O)CC=O)CC2. The molecule has 0 spiro atoms. The van der Waals surface area contributed by atoms with Crippen LogP contribution in [-0.4, -0.2) is 58.8 Å². The Kier molecular flexibility index (Phi) is 8.44. The van der Waals surface area contributed by atoms with Crippen molar-refractivity contribution in [2.24, 2.45) is 0 Å². The van der Waals surface area contributed by atoms with Crippen LogP contribution in [0.4, 0.5) is 11.6 Å². The van der Waals surface area contributed by atoms with E-state index in [0.29, 0.717) is 31.8 Å². The second kappa shape index (κ2) is 11.7. The van der Waals surface area contributed by atoms with Crippen LogP contribution in [0.3, 0.4) is 0 Å². The highest BCUT2D eigenvalue weighted by Gasteiger charge is 2.29. The molecule has 36 heavy (non-hydrogen) atoms. The number of hydrogen-bond donors (Lipinski definition) is 1. The molecule has 0 atom stereocenters. The first kappa shape index (κ1) is 25.9. The zero-order valence-corrected chi connectivity index (χ0v) is 22.0. The summed E-state index contributed by atoms with van der Waals surface area (Å²) in [6.07, 6.45) is 5.22. The van der Waals surface area contributed by atoms with Crippen molar-refractivity contribution < 1.29 is 14.3 Å². The Balaban J connectivity index is 1.52. The minimum absolute atomic E-state index is 0.0854. The van der Waals surface area contributed by atoms with Crippen molar-refractivity contribution in [1.29, 1.82) is 0 Å². The van der Waals surface area contributed by atoms with Gasteiger partial charge in [-0.15, -0.1) is 0 Å². The Hall–Kier alpha value is -3.16. The molecule has 1 N–H and O–H groups in total. The quantitative estimate of drug-likeness (QED) is 0.413. The van der Waals surface area contributed by atoms with Gasteiger partial charge >= 0.3 is 0 Å². The Morgan fingerprint density at radius 2 is 1.89 bits per heavy atom. The van der Waals surface area contributed by atoms with Crippen LogP contribution in [0, 0.1) is 13.8 Å². The van der Waals surface area contributed by atoms with E-state index < -0.39 is 0 Å². The van der Waals surface area contributed by atoms with E-state index in [1.165, 1.54) is 11.1 Å². The summed E-state index contributed by atoms with van der Waals surface area (Å²) in [6.45, 7) is 11.2. The predicted molar refractivity (Wildman–Crippen MR) is 142 cm³/mol. The monoisotopic (exact) mass is 493 g/mol. The number of nitrogens with one attached hydrogen (secondary N) is 1. The molecule has 4 rings (SSSR count). The molecule has 0 bridgehead atoms. The van der Waals surface area contributed by atoms with Crippen molar-refractivity contribution in [3.63, 3.8) is 0 Å². The lowest BCUT2D eigenvalue weighted by molar-refractivity contribution is -0.133. The maximum atomic E-state index is 12.3. The summed E-state index contributed by atoms with van der Waals surface area (Å²) in [6, 6.07) is 6.66. The van der Waals surface area contributed by atoms with E-state index in [0.717, 1.165) is 67.5 Å². The Morgan fingerprint density at radius 3 is 2.56 bits per heavy atom. The average molecular weight is 494 g/mol. The van der Waals surface area contributed by atoms with Crippen molar-refractivity contribution >= 4 is 23.8 Å². The van der Waals surface area contributed by atoms with Crippen LogP contribution in [0.1, 0.15) is 68.5 Å². The largest absolute Gasteiger partial charge is 0.490 e. The molecular weight excluding hydrogens is 454 g/mol. The molecule has 0 unspecified atom stereocenters. The highest BCUT2D eigenvalue weighted by atomic mass is 16.5. The van der Waals surface area contributed by atoms with Gasteiger partial charge in [-0.25, -0.2) is 9.97 Å². The van der Waals surface area contributed by atoms with Gasteiger partial charge in [0.1, 0.15) is 18.1 Å². The van der Waals surface area contributed by atoms with Crippen molar-refractivity contribution in [3.05, 3.63) is 40.7 Å². The second-order valence-electron chi connectivity index (χ2n) is 9.96. The van der Waals surface area contributed by atoms with Crippen molar-refractivity contribution in [2.75, 3.05) is 29.9 Å². The van der Waals surface area contributed by atoms with Gasteiger partial charge in [-0.05, 0) is 38.3 Å². The first-order valence-corrected chi connectivity index (χ1v) is 13.3. The van der Waals surface area contributed by atoms with Crippen LogP contribution < -0.4 is 15.0 Å². The Labute approximate surface area is 214 Å². The Bertz CT molecular complexity index is 1080. The summed E-state index contributed by atoms with van der Waals surface area (Å²) in [5.41, 5.74) is 4.18. The van der Waals surface area contributed by atoms with Gasteiger partial charge in [0.2, 0.25) is 5.91 Å². The number of carbonyl (C=O) groups excluding carboxylic acids is 2. The minimum Gasteiger partial charge on any atom is -0.490 e. The fraction of sp³-hybridized carbons (Fsp3) is 0.571. The first-order chi connectivity index (χ1) is 17.4. The van der Waals surface area contributed by atoms with Gasteiger partial charge in [0, 0.05) is 44.9 Å². The fourth-order valence-electron chi connectivity index (χ4n) is 5.04. The number of carbonyl (C=O) groups is 2. The molecule has 8 heteroatoms. The number of hydrogen-bond acceptors (Lipinski definition) is 7.